The zero-order chi connectivity index (χ0) is 48.0. The van der Waals surface area contributed by atoms with Crippen molar-refractivity contribution in [3.05, 3.63) is 256 Å². The Morgan fingerprint density at radius 2 is 0.841 bits per heavy atom. The zero-order valence-corrected chi connectivity index (χ0v) is 40.0. The lowest BCUT2D eigenvalue weighted by Gasteiger charge is -2.30. The van der Waals surface area contributed by atoms with Gasteiger partial charge in [0.25, 0.3) is 0 Å². The second-order valence-corrected chi connectivity index (χ2v) is 16.9. The predicted molar refractivity (Wildman–Crippen MR) is 292 cm³/mol. The minimum atomic E-state index is -0.0671. The molecule has 0 atom stereocenters. The molecule has 0 aliphatic heterocycles. The van der Waals surface area contributed by atoms with Gasteiger partial charge in [-0.25, -0.2) is 0 Å². The lowest BCUT2D eigenvalue weighted by Crippen LogP contribution is -2.14. The molecule has 0 aliphatic carbocycles. The number of ether oxygens (including phenoxy) is 1. The van der Waals surface area contributed by atoms with Gasteiger partial charge in [0, 0.05) is 28.3 Å². The molecule has 0 unspecified atom stereocenters. The van der Waals surface area contributed by atoms with Gasteiger partial charge in [0.2, 0.25) is 0 Å². The molecule has 5 nitrogen and oxygen atoms in total. The summed E-state index contributed by atoms with van der Waals surface area (Å²) in [5.41, 5.74) is 18.4. The van der Waals surface area contributed by atoms with Crippen LogP contribution >= 0.6 is 0 Å². The molecule has 8 aromatic rings. The van der Waals surface area contributed by atoms with Crippen LogP contribution in [0.2, 0.25) is 0 Å². The average Bonchev–Trinajstić information content (AvgIpc) is 3.40. The van der Waals surface area contributed by atoms with Crippen LogP contribution in [0.1, 0.15) is 63.9 Å². The molecule has 2 N–H and O–H groups in total. The van der Waals surface area contributed by atoms with E-state index in [9.17, 15) is 10.2 Å². The molecule has 0 heterocycles. The Bertz CT molecular complexity index is 3050. The molecule has 0 saturated carbocycles. The van der Waals surface area contributed by atoms with Gasteiger partial charge in [0.15, 0.2) is 0 Å². The summed E-state index contributed by atoms with van der Waals surface area (Å²) in [4.78, 5) is 4.65. The molecule has 0 bridgehead atoms. The fourth-order valence-electron chi connectivity index (χ4n) is 8.77. The van der Waals surface area contributed by atoms with E-state index >= 15 is 0 Å². The molecule has 69 heavy (non-hydrogen) atoms. The number of allylic oxidation sites excluding steroid dienone is 4. The molecule has 0 spiro atoms. The molecule has 344 valence electrons. The number of aliphatic hydroxyl groups excluding tert-OH is 2. The molecule has 0 aliphatic rings. The van der Waals surface area contributed by atoms with Crippen molar-refractivity contribution in [3.8, 4) is 16.9 Å². The number of para-hydroxylation sites is 2. The first-order valence-electron chi connectivity index (χ1n) is 23.7. The Hall–Kier alpha value is -7.96. The SMILES string of the molecule is CCc1cccc(C)c1N(c1ccc(/C=C/C=C/c2cccc(OC)c2)cc1)c1ccc(-c2ccc(N(c3ccc(/C=C/C=C/c4cccc(CO)c4)cc3)c3c(CC)cccc3CO)cc2)cc1. The van der Waals surface area contributed by atoms with E-state index in [0.717, 1.165) is 97.1 Å². The predicted octanol–water partition coefficient (Wildman–Crippen LogP) is 16.2. The Morgan fingerprint density at radius 1 is 0.420 bits per heavy atom. The average molecular weight is 905 g/mol. The fourth-order valence-corrected chi connectivity index (χ4v) is 8.77. The Labute approximate surface area is 408 Å². The van der Waals surface area contributed by atoms with Crippen molar-refractivity contribution in [2.24, 2.45) is 0 Å². The normalized spacial score (nSPS) is 11.6. The zero-order valence-electron chi connectivity index (χ0n) is 40.0. The molecule has 8 aromatic carbocycles. The van der Waals surface area contributed by atoms with E-state index < -0.39 is 0 Å². The van der Waals surface area contributed by atoms with Crippen molar-refractivity contribution in [2.75, 3.05) is 16.9 Å². The summed E-state index contributed by atoms with van der Waals surface area (Å²) in [5, 5.41) is 20.1. The quantitative estimate of drug-likeness (QED) is 0.0840. The van der Waals surface area contributed by atoms with Gasteiger partial charge in [0.05, 0.1) is 31.7 Å². The smallest absolute Gasteiger partial charge is 0.119 e. The first-order chi connectivity index (χ1) is 33.9. The highest BCUT2D eigenvalue weighted by atomic mass is 16.5. The van der Waals surface area contributed by atoms with Crippen LogP contribution in [0.15, 0.2) is 206 Å². The van der Waals surface area contributed by atoms with Gasteiger partial charge in [-0.1, -0.05) is 178 Å². The maximum Gasteiger partial charge on any atom is 0.119 e. The minimum Gasteiger partial charge on any atom is -0.497 e. The number of hydrogen-bond acceptors (Lipinski definition) is 5. The number of hydrogen-bond donors (Lipinski definition) is 2. The summed E-state index contributed by atoms with van der Waals surface area (Å²) < 4.78 is 5.37. The number of nitrogens with zero attached hydrogens (tertiary/aromatic N) is 2. The second kappa shape index (κ2) is 23.2. The number of aliphatic hydroxyl groups is 2. The van der Waals surface area contributed by atoms with Crippen molar-refractivity contribution in [1.29, 1.82) is 0 Å². The molecular weight excluding hydrogens is 845 g/mol. The van der Waals surface area contributed by atoms with Crippen molar-refractivity contribution in [3.63, 3.8) is 0 Å². The lowest BCUT2D eigenvalue weighted by atomic mass is 10.00. The highest BCUT2D eigenvalue weighted by molar-refractivity contribution is 5.84. The van der Waals surface area contributed by atoms with Gasteiger partial charge in [-0.15, -0.1) is 0 Å². The second-order valence-electron chi connectivity index (χ2n) is 16.9. The standard InChI is InChI=1S/C64H60N2O3/c1-5-53-23-11-15-47(3)63(53)65(58-35-27-48(28-36-58)17-8-10-19-51-21-13-26-62(44-51)69-4)60-39-31-55(32-40-60)56-33-41-61(42-34-56)66(64-54(6-2)24-14-25-57(64)46-68)59-37-29-49(30-38-59)16-7-9-18-50-20-12-22-52(43-50)45-67/h7-44,67-68H,5-6,45-46H2,1-4H3/b16-7+,17-8+,18-9+,19-10+. The monoisotopic (exact) mass is 904 g/mol. The van der Waals surface area contributed by atoms with Gasteiger partial charge in [-0.05, 0) is 142 Å². The van der Waals surface area contributed by atoms with Gasteiger partial charge >= 0.3 is 0 Å². The van der Waals surface area contributed by atoms with Crippen LogP contribution in [0.3, 0.4) is 0 Å². The van der Waals surface area contributed by atoms with Crippen LogP contribution < -0.4 is 14.5 Å². The van der Waals surface area contributed by atoms with Crippen molar-refractivity contribution in [2.45, 2.75) is 46.8 Å². The third-order valence-corrected chi connectivity index (χ3v) is 12.4. The summed E-state index contributed by atoms with van der Waals surface area (Å²) in [6.45, 7) is 6.54. The van der Waals surface area contributed by atoms with Gasteiger partial charge < -0.3 is 24.7 Å². The molecule has 0 fully saturated rings. The summed E-state index contributed by atoms with van der Waals surface area (Å²) in [6, 6.07) is 63.6. The molecule has 0 saturated heterocycles. The maximum atomic E-state index is 10.6. The number of methoxy groups -OCH3 is 1. The number of benzene rings is 8. The van der Waals surface area contributed by atoms with Gasteiger partial charge in [-0.3, -0.25) is 0 Å². The van der Waals surface area contributed by atoms with Gasteiger partial charge in [-0.2, -0.15) is 0 Å². The van der Waals surface area contributed by atoms with Crippen molar-refractivity contribution in [1.82, 2.24) is 0 Å². The third kappa shape index (κ3) is 11.6. The highest BCUT2D eigenvalue weighted by Crippen LogP contribution is 2.42. The number of anilines is 6. The summed E-state index contributed by atoms with van der Waals surface area (Å²) in [6.07, 6.45) is 18.2. The summed E-state index contributed by atoms with van der Waals surface area (Å²) in [5.74, 6) is 0.844. The maximum absolute atomic E-state index is 10.6. The van der Waals surface area contributed by atoms with E-state index in [1.54, 1.807) is 7.11 Å². The van der Waals surface area contributed by atoms with Crippen LogP contribution in [0.5, 0.6) is 5.75 Å². The topological polar surface area (TPSA) is 56.2 Å². The van der Waals surface area contributed by atoms with Crippen LogP contribution in [0.4, 0.5) is 34.1 Å². The van der Waals surface area contributed by atoms with E-state index in [0.29, 0.717) is 0 Å². The molecule has 0 aromatic heterocycles. The molecule has 8 rings (SSSR count). The number of aryl methyl sites for hydroxylation is 3. The first kappa shape index (κ1) is 47.5. The van der Waals surface area contributed by atoms with E-state index in [1.807, 2.05) is 72.8 Å². The fraction of sp³-hybridized carbons (Fsp3) is 0.125. The minimum absolute atomic E-state index is 0.0265. The molecular formula is C64H60N2O3. The van der Waals surface area contributed by atoms with Gasteiger partial charge in [0.1, 0.15) is 5.75 Å². The first-order valence-corrected chi connectivity index (χ1v) is 23.7. The van der Waals surface area contributed by atoms with Crippen molar-refractivity contribution >= 4 is 58.4 Å². The summed E-state index contributed by atoms with van der Waals surface area (Å²) in [7, 11) is 1.69. The third-order valence-electron chi connectivity index (χ3n) is 12.4. The Kier molecular flexibility index (Phi) is 16.0. The van der Waals surface area contributed by atoms with Crippen molar-refractivity contribution < 1.29 is 14.9 Å². The van der Waals surface area contributed by atoms with E-state index in [1.165, 1.54) is 16.8 Å². The number of rotatable bonds is 18. The Balaban J connectivity index is 1.06. The Morgan fingerprint density at radius 3 is 1.33 bits per heavy atom. The summed E-state index contributed by atoms with van der Waals surface area (Å²) >= 11 is 0. The lowest BCUT2D eigenvalue weighted by molar-refractivity contribution is 0.281. The molecule has 0 amide bonds. The largest absolute Gasteiger partial charge is 0.497 e. The van der Waals surface area contributed by atoms with Crippen LogP contribution in [-0.4, -0.2) is 17.3 Å². The van der Waals surface area contributed by atoms with Crippen LogP contribution in [0, 0.1) is 6.92 Å². The molecule has 5 heteroatoms. The van der Waals surface area contributed by atoms with Crippen LogP contribution in [0.25, 0.3) is 35.4 Å². The molecule has 0 radical (unpaired) electrons. The highest BCUT2D eigenvalue weighted by Gasteiger charge is 2.21. The van der Waals surface area contributed by atoms with Crippen LogP contribution in [-0.2, 0) is 26.1 Å². The van der Waals surface area contributed by atoms with E-state index in [2.05, 4.69) is 188 Å². The van der Waals surface area contributed by atoms with E-state index in [4.69, 9.17) is 4.74 Å². The van der Waals surface area contributed by atoms with E-state index in [-0.39, 0.29) is 13.2 Å².